The summed E-state index contributed by atoms with van der Waals surface area (Å²) in [5, 5.41) is 16.2. The van der Waals surface area contributed by atoms with Crippen molar-refractivity contribution in [3.63, 3.8) is 0 Å². The molecule has 0 aliphatic carbocycles. The first-order valence-electron chi connectivity index (χ1n) is 5.91. The van der Waals surface area contributed by atoms with Gasteiger partial charge in [0.05, 0.1) is 18.2 Å². The molecule has 0 fully saturated rings. The van der Waals surface area contributed by atoms with Gasteiger partial charge in [-0.1, -0.05) is 12.1 Å². The first-order valence-corrected chi connectivity index (χ1v) is 6.32. The number of nitrogens with zero attached hydrogens (tertiary/aromatic N) is 1. The summed E-state index contributed by atoms with van der Waals surface area (Å²) < 4.78 is 0. The van der Waals surface area contributed by atoms with Crippen molar-refractivity contribution >= 4 is 23.2 Å². The zero-order valence-electron chi connectivity index (χ0n) is 10.3. The number of thiocarbonyl (C=S) groups is 1. The smallest absolute Gasteiger partial charge is 0.254 e. The highest BCUT2D eigenvalue weighted by molar-refractivity contribution is 7.80. The van der Waals surface area contributed by atoms with Crippen LogP contribution in [0.25, 0.3) is 0 Å². The van der Waals surface area contributed by atoms with Gasteiger partial charge in [0.2, 0.25) is 0 Å². The molecule has 6 heteroatoms. The van der Waals surface area contributed by atoms with Crippen molar-refractivity contribution in [2.45, 2.75) is 6.04 Å². The number of hydrogen-bond donors (Lipinski definition) is 3. The van der Waals surface area contributed by atoms with Crippen LogP contribution in [0.15, 0.2) is 35.5 Å². The molecule has 1 amide bonds. The zero-order chi connectivity index (χ0) is 13.6. The standard InChI is InChI=1S/C13H13N3O2S/c1-16-6-9-10(12(16)18)11(15-13(19)14-9)7-3-2-4-8(17)5-7/h2-5,11,17H,6H2,1H3,(H2,14,15,19). The number of likely N-dealkylation sites (N-methyl/N-ethyl adjacent to an activating group) is 1. The Hall–Kier alpha value is -2.08. The van der Waals surface area contributed by atoms with Crippen LogP contribution in [-0.4, -0.2) is 34.6 Å². The number of amides is 1. The molecular formula is C13H13N3O2S. The van der Waals surface area contributed by atoms with Gasteiger partial charge < -0.3 is 20.6 Å². The van der Waals surface area contributed by atoms with E-state index in [2.05, 4.69) is 10.6 Å². The molecule has 0 saturated carbocycles. The third kappa shape index (κ3) is 1.94. The summed E-state index contributed by atoms with van der Waals surface area (Å²) in [6, 6.07) is 6.54. The molecule has 3 rings (SSSR count). The summed E-state index contributed by atoms with van der Waals surface area (Å²) in [6.07, 6.45) is 0. The van der Waals surface area contributed by atoms with Gasteiger partial charge in [-0.15, -0.1) is 0 Å². The van der Waals surface area contributed by atoms with Crippen molar-refractivity contribution < 1.29 is 9.90 Å². The monoisotopic (exact) mass is 275 g/mol. The van der Waals surface area contributed by atoms with E-state index >= 15 is 0 Å². The van der Waals surface area contributed by atoms with E-state index < -0.39 is 0 Å². The first kappa shape index (κ1) is 12.0. The maximum absolute atomic E-state index is 12.2. The average Bonchev–Trinajstić information content (AvgIpc) is 2.64. The van der Waals surface area contributed by atoms with Gasteiger partial charge in [-0.2, -0.15) is 0 Å². The Morgan fingerprint density at radius 3 is 3.00 bits per heavy atom. The summed E-state index contributed by atoms with van der Waals surface area (Å²) in [5.74, 6) is 0.149. The van der Waals surface area contributed by atoms with Gasteiger partial charge in [-0.3, -0.25) is 4.79 Å². The zero-order valence-corrected chi connectivity index (χ0v) is 11.1. The Bertz CT molecular complexity index is 612. The summed E-state index contributed by atoms with van der Waals surface area (Å²) in [5.41, 5.74) is 2.33. The Labute approximate surface area is 115 Å². The quantitative estimate of drug-likeness (QED) is 0.656. The molecule has 2 heterocycles. The first-order chi connectivity index (χ1) is 9.06. The lowest BCUT2D eigenvalue weighted by molar-refractivity contribution is -0.124. The third-order valence-corrected chi connectivity index (χ3v) is 3.55. The van der Waals surface area contributed by atoms with Crippen LogP contribution in [0.5, 0.6) is 5.75 Å². The summed E-state index contributed by atoms with van der Waals surface area (Å²) in [4.78, 5) is 13.8. The molecule has 1 unspecified atom stereocenters. The minimum atomic E-state index is -0.312. The highest BCUT2D eigenvalue weighted by Gasteiger charge is 2.37. The third-order valence-electron chi connectivity index (χ3n) is 3.33. The van der Waals surface area contributed by atoms with Crippen molar-refractivity contribution in [3.8, 4) is 5.75 Å². The second kappa shape index (κ2) is 4.24. The van der Waals surface area contributed by atoms with E-state index in [1.54, 1.807) is 30.1 Å². The highest BCUT2D eigenvalue weighted by atomic mass is 32.1. The van der Waals surface area contributed by atoms with Crippen LogP contribution < -0.4 is 10.6 Å². The number of benzene rings is 1. The Balaban J connectivity index is 2.07. The van der Waals surface area contributed by atoms with E-state index in [-0.39, 0.29) is 17.7 Å². The van der Waals surface area contributed by atoms with Gasteiger partial charge in [0, 0.05) is 12.7 Å². The molecule has 0 spiro atoms. The van der Waals surface area contributed by atoms with Gasteiger partial charge in [0.25, 0.3) is 5.91 Å². The lowest BCUT2D eigenvalue weighted by atomic mass is 9.96. The summed E-state index contributed by atoms with van der Waals surface area (Å²) in [6.45, 7) is 0.533. The number of phenolic OH excluding ortho intramolecular Hbond substituents is 1. The molecule has 0 bridgehead atoms. The van der Waals surface area contributed by atoms with Crippen LogP contribution >= 0.6 is 12.2 Å². The molecule has 0 radical (unpaired) electrons. The van der Waals surface area contributed by atoms with Crippen LogP contribution in [-0.2, 0) is 4.79 Å². The van der Waals surface area contributed by atoms with Gasteiger partial charge in [-0.25, -0.2) is 0 Å². The maximum Gasteiger partial charge on any atom is 0.254 e. The van der Waals surface area contributed by atoms with E-state index in [1.807, 2.05) is 6.07 Å². The summed E-state index contributed by atoms with van der Waals surface area (Å²) >= 11 is 5.17. The van der Waals surface area contributed by atoms with E-state index in [0.29, 0.717) is 17.2 Å². The molecule has 1 aromatic rings. The maximum atomic E-state index is 12.2. The molecule has 98 valence electrons. The molecule has 3 N–H and O–H groups in total. The van der Waals surface area contributed by atoms with Gasteiger partial charge in [0.1, 0.15) is 5.75 Å². The molecule has 5 nitrogen and oxygen atoms in total. The molecule has 1 atom stereocenters. The van der Waals surface area contributed by atoms with Crippen LogP contribution in [0.2, 0.25) is 0 Å². The topological polar surface area (TPSA) is 64.6 Å². The van der Waals surface area contributed by atoms with Crippen LogP contribution in [0.3, 0.4) is 0 Å². The summed E-state index contributed by atoms with van der Waals surface area (Å²) in [7, 11) is 1.75. The fourth-order valence-electron chi connectivity index (χ4n) is 2.46. The molecule has 0 aromatic heterocycles. The van der Waals surface area contributed by atoms with Crippen molar-refractivity contribution in [1.82, 2.24) is 15.5 Å². The fourth-order valence-corrected chi connectivity index (χ4v) is 2.71. The largest absolute Gasteiger partial charge is 0.508 e. The number of nitrogens with one attached hydrogen (secondary N) is 2. The van der Waals surface area contributed by atoms with E-state index in [9.17, 15) is 9.90 Å². The number of hydrogen-bond acceptors (Lipinski definition) is 3. The second-order valence-electron chi connectivity index (χ2n) is 4.68. The van der Waals surface area contributed by atoms with Gasteiger partial charge in [-0.05, 0) is 29.9 Å². The Morgan fingerprint density at radius 2 is 2.26 bits per heavy atom. The minimum absolute atomic E-state index is 0.0224. The van der Waals surface area contributed by atoms with Crippen molar-refractivity contribution in [2.24, 2.45) is 0 Å². The predicted molar refractivity (Wildman–Crippen MR) is 74.4 cm³/mol. The fraction of sp³-hybridized carbons (Fsp3) is 0.231. The van der Waals surface area contributed by atoms with Crippen molar-refractivity contribution in [3.05, 3.63) is 41.1 Å². The van der Waals surface area contributed by atoms with Gasteiger partial charge >= 0.3 is 0 Å². The average molecular weight is 275 g/mol. The molecular weight excluding hydrogens is 262 g/mol. The number of phenols is 1. The number of carbonyl (C=O) groups is 1. The van der Waals surface area contributed by atoms with E-state index in [0.717, 1.165) is 11.3 Å². The normalized spacial score (nSPS) is 22.2. The second-order valence-corrected chi connectivity index (χ2v) is 5.09. The van der Waals surface area contributed by atoms with Crippen molar-refractivity contribution in [2.75, 3.05) is 13.6 Å². The predicted octanol–water partition coefficient (Wildman–Crippen LogP) is 0.637. The number of carbonyl (C=O) groups excluding carboxylic acids is 1. The molecule has 1 aromatic carbocycles. The van der Waals surface area contributed by atoms with E-state index in [4.69, 9.17) is 12.2 Å². The molecule has 2 aliphatic rings. The number of rotatable bonds is 1. The van der Waals surface area contributed by atoms with Gasteiger partial charge in [0.15, 0.2) is 5.11 Å². The SMILES string of the molecule is CN1CC2=C(C1=O)C(c1cccc(O)c1)NC(=S)N2. The Morgan fingerprint density at radius 1 is 1.47 bits per heavy atom. The minimum Gasteiger partial charge on any atom is -0.508 e. The molecule has 0 saturated heterocycles. The lowest BCUT2D eigenvalue weighted by Crippen LogP contribution is -2.44. The van der Waals surface area contributed by atoms with Crippen molar-refractivity contribution in [1.29, 1.82) is 0 Å². The van der Waals surface area contributed by atoms with E-state index in [1.165, 1.54) is 0 Å². The van der Waals surface area contributed by atoms with Crippen LogP contribution in [0, 0.1) is 0 Å². The lowest BCUT2D eigenvalue weighted by Gasteiger charge is -2.27. The van der Waals surface area contributed by atoms with Crippen LogP contribution in [0.4, 0.5) is 0 Å². The number of aromatic hydroxyl groups is 1. The molecule has 2 aliphatic heterocycles. The van der Waals surface area contributed by atoms with Crippen LogP contribution in [0.1, 0.15) is 11.6 Å². The highest BCUT2D eigenvalue weighted by Crippen LogP contribution is 2.32. The molecule has 19 heavy (non-hydrogen) atoms. The Kier molecular flexibility index (Phi) is 2.67.